The standard InChI is InChI=1S/C10H13N5O5S/c1-2-5-15-8(12-13-14-15)6-19-10(16)7-3-4-9(20-7)21(11,17)18/h3-4H,2,5-6H2,1H3,(H2,11,17,18). The molecule has 114 valence electrons. The Kier molecular flexibility index (Phi) is 4.33. The third-order valence-electron chi connectivity index (χ3n) is 2.44. The van der Waals surface area contributed by atoms with Gasteiger partial charge in [0.05, 0.1) is 0 Å². The SMILES string of the molecule is CCCn1nnnc1COC(=O)c1ccc(S(N)(=O)=O)o1. The van der Waals surface area contributed by atoms with E-state index in [0.29, 0.717) is 12.4 Å². The zero-order valence-corrected chi connectivity index (χ0v) is 11.9. The van der Waals surface area contributed by atoms with Crippen LogP contribution in [0.3, 0.4) is 0 Å². The third kappa shape index (κ3) is 3.64. The van der Waals surface area contributed by atoms with Crippen LogP contribution in [0.2, 0.25) is 0 Å². The van der Waals surface area contributed by atoms with Crippen molar-refractivity contribution in [1.82, 2.24) is 20.2 Å². The van der Waals surface area contributed by atoms with E-state index < -0.39 is 21.1 Å². The van der Waals surface area contributed by atoms with Crippen LogP contribution in [-0.4, -0.2) is 34.6 Å². The summed E-state index contributed by atoms with van der Waals surface area (Å²) in [4.78, 5) is 11.7. The van der Waals surface area contributed by atoms with Crippen LogP contribution in [0.4, 0.5) is 0 Å². The molecule has 0 aliphatic heterocycles. The number of ether oxygens (including phenoxy) is 1. The minimum absolute atomic E-state index is 0.156. The molecule has 0 amide bonds. The normalized spacial score (nSPS) is 11.5. The fourth-order valence-electron chi connectivity index (χ4n) is 1.50. The number of carbonyl (C=O) groups is 1. The quantitative estimate of drug-likeness (QED) is 0.714. The molecule has 11 heteroatoms. The lowest BCUT2D eigenvalue weighted by atomic mass is 10.4. The highest BCUT2D eigenvalue weighted by atomic mass is 32.2. The second-order valence-electron chi connectivity index (χ2n) is 4.06. The highest BCUT2D eigenvalue weighted by Gasteiger charge is 2.19. The van der Waals surface area contributed by atoms with E-state index in [1.165, 1.54) is 4.68 Å². The molecule has 0 aromatic carbocycles. The number of nitrogens with two attached hydrogens (primary N) is 1. The smallest absolute Gasteiger partial charge is 0.374 e. The molecule has 0 aliphatic carbocycles. The summed E-state index contributed by atoms with van der Waals surface area (Å²) in [5.41, 5.74) is 0. The zero-order chi connectivity index (χ0) is 15.5. The summed E-state index contributed by atoms with van der Waals surface area (Å²) in [6.45, 7) is 2.39. The molecule has 0 saturated carbocycles. The first kappa shape index (κ1) is 15.1. The van der Waals surface area contributed by atoms with Crippen molar-refractivity contribution >= 4 is 16.0 Å². The Morgan fingerprint density at radius 1 is 1.48 bits per heavy atom. The number of carbonyl (C=O) groups excluding carboxylic acids is 1. The van der Waals surface area contributed by atoms with Gasteiger partial charge in [-0.2, -0.15) is 0 Å². The molecule has 0 spiro atoms. The number of primary sulfonamides is 1. The van der Waals surface area contributed by atoms with Gasteiger partial charge in [0, 0.05) is 6.54 Å². The average Bonchev–Trinajstić information content (AvgIpc) is 3.04. The van der Waals surface area contributed by atoms with Crippen LogP contribution < -0.4 is 5.14 Å². The van der Waals surface area contributed by atoms with Crippen LogP contribution in [0, 0.1) is 0 Å². The minimum atomic E-state index is -4.00. The van der Waals surface area contributed by atoms with Crippen LogP contribution >= 0.6 is 0 Å². The Hall–Kier alpha value is -2.27. The second kappa shape index (κ2) is 6.01. The van der Waals surface area contributed by atoms with E-state index in [9.17, 15) is 13.2 Å². The summed E-state index contributed by atoms with van der Waals surface area (Å²) in [6, 6.07) is 2.24. The fourth-order valence-corrected chi connectivity index (χ4v) is 1.96. The molecule has 2 aromatic heterocycles. The van der Waals surface area contributed by atoms with Crippen molar-refractivity contribution in [3.63, 3.8) is 0 Å². The number of aromatic nitrogens is 4. The number of aryl methyl sites for hydroxylation is 1. The van der Waals surface area contributed by atoms with Gasteiger partial charge in [-0.25, -0.2) is 23.0 Å². The van der Waals surface area contributed by atoms with Crippen LogP contribution in [0.5, 0.6) is 0 Å². The maximum Gasteiger partial charge on any atom is 0.374 e. The van der Waals surface area contributed by atoms with Gasteiger partial charge in [0.2, 0.25) is 10.9 Å². The predicted molar refractivity (Wildman–Crippen MR) is 67.3 cm³/mol. The van der Waals surface area contributed by atoms with Crippen LogP contribution in [0.25, 0.3) is 0 Å². The summed E-state index contributed by atoms with van der Waals surface area (Å²) in [5, 5.41) is 15.3. The van der Waals surface area contributed by atoms with Crippen LogP contribution in [0.15, 0.2) is 21.6 Å². The van der Waals surface area contributed by atoms with Crippen molar-refractivity contribution in [3.05, 3.63) is 23.7 Å². The van der Waals surface area contributed by atoms with Gasteiger partial charge in [-0.05, 0) is 29.0 Å². The van der Waals surface area contributed by atoms with Crippen LogP contribution in [0.1, 0.15) is 29.7 Å². The predicted octanol–water partition coefficient (Wildman–Crippen LogP) is -0.319. The second-order valence-corrected chi connectivity index (χ2v) is 5.55. The molecule has 0 atom stereocenters. The largest absolute Gasteiger partial charge is 0.452 e. The molecule has 2 rings (SSSR count). The Balaban J connectivity index is 2.02. The maximum absolute atomic E-state index is 11.7. The lowest BCUT2D eigenvalue weighted by molar-refractivity contribution is 0.0414. The highest BCUT2D eigenvalue weighted by molar-refractivity contribution is 7.89. The number of nitrogens with zero attached hydrogens (tertiary/aromatic N) is 4. The Morgan fingerprint density at radius 3 is 2.86 bits per heavy atom. The van der Waals surface area contributed by atoms with E-state index in [0.717, 1.165) is 18.6 Å². The molecule has 0 radical (unpaired) electrons. The van der Waals surface area contributed by atoms with Gasteiger partial charge in [0.15, 0.2) is 12.4 Å². The Labute approximate surface area is 119 Å². The molecule has 0 fully saturated rings. The number of esters is 1. The van der Waals surface area contributed by atoms with Crippen LogP contribution in [-0.2, 0) is 27.9 Å². The van der Waals surface area contributed by atoms with Crippen molar-refractivity contribution < 1.29 is 22.4 Å². The highest BCUT2D eigenvalue weighted by Crippen LogP contribution is 2.13. The molecule has 21 heavy (non-hydrogen) atoms. The van der Waals surface area contributed by atoms with E-state index in [4.69, 9.17) is 14.3 Å². The third-order valence-corrected chi connectivity index (χ3v) is 3.22. The Morgan fingerprint density at radius 2 is 2.24 bits per heavy atom. The summed E-state index contributed by atoms with van der Waals surface area (Å²) in [5.74, 6) is -0.729. The van der Waals surface area contributed by atoms with Crippen molar-refractivity contribution in [2.24, 2.45) is 5.14 Å². The molecule has 0 saturated heterocycles. The van der Waals surface area contributed by atoms with Crippen molar-refractivity contribution in [2.75, 3.05) is 0 Å². The summed E-state index contributed by atoms with van der Waals surface area (Å²) in [6.07, 6.45) is 0.821. The van der Waals surface area contributed by atoms with Crippen molar-refractivity contribution in [3.8, 4) is 0 Å². The lowest BCUT2D eigenvalue weighted by Gasteiger charge is -2.03. The summed E-state index contributed by atoms with van der Waals surface area (Å²) >= 11 is 0. The van der Waals surface area contributed by atoms with Gasteiger partial charge in [-0.1, -0.05) is 6.92 Å². The van der Waals surface area contributed by atoms with Gasteiger partial charge in [-0.15, -0.1) is 5.10 Å². The molecule has 10 nitrogen and oxygen atoms in total. The molecule has 2 N–H and O–H groups in total. The molecule has 2 aromatic rings. The zero-order valence-electron chi connectivity index (χ0n) is 11.1. The maximum atomic E-state index is 11.7. The van der Waals surface area contributed by atoms with E-state index in [2.05, 4.69) is 15.5 Å². The number of tetrazole rings is 1. The van der Waals surface area contributed by atoms with Gasteiger partial charge in [-0.3, -0.25) is 0 Å². The topological polar surface area (TPSA) is 143 Å². The van der Waals surface area contributed by atoms with E-state index in [-0.39, 0.29) is 12.4 Å². The number of hydrogen-bond acceptors (Lipinski definition) is 8. The summed E-state index contributed by atoms with van der Waals surface area (Å²) < 4.78 is 33.3. The van der Waals surface area contributed by atoms with Crippen molar-refractivity contribution in [1.29, 1.82) is 0 Å². The summed E-state index contributed by atoms with van der Waals surface area (Å²) in [7, 11) is -4.00. The minimum Gasteiger partial charge on any atom is -0.452 e. The number of furan rings is 1. The number of sulfonamides is 1. The number of hydrogen-bond donors (Lipinski definition) is 1. The van der Waals surface area contributed by atoms with Gasteiger partial charge < -0.3 is 9.15 Å². The molecule has 0 unspecified atom stereocenters. The van der Waals surface area contributed by atoms with Gasteiger partial charge in [0.25, 0.3) is 10.0 Å². The van der Waals surface area contributed by atoms with E-state index >= 15 is 0 Å². The first-order valence-corrected chi connectivity index (χ1v) is 7.51. The molecule has 0 bridgehead atoms. The Bertz CT molecular complexity index is 735. The monoisotopic (exact) mass is 315 g/mol. The van der Waals surface area contributed by atoms with Gasteiger partial charge >= 0.3 is 5.97 Å². The number of rotatable bonds is 6. The molecular formula is C10H13N5O5S. The van der Waals surface area contributed by atoms with E-state index in [1.54, 1.807) is 0 Å². The van der Waals surface area contributed by atoms with E-state index in [1.807, 2.05) is 6.92 Å². The molecule has 0 aliphatic rings. The average molecular weight is 315 g/mol. The lowest BCUT2D eigenvalue weighted by Crippen LogP contribution is -2.12. The van der Waals surface area contributed by atoms with Crippen molar-refractivity contribution in [2.45, 2.75) is 31.6 Å². The first-order chi connectivity index (χ1) is 9.91. The van der Waals surface area contributed by atoms with Gasteiger partial charge in [0.1, 0.15) is 0 Å². The molecular weight excluding hydrogens is 302 g/mol. The molecule has 2 heterocycles. The fraction of sp³-hybridized carbons (Fsp3) is 0.400. The first-order valence-electron chi connectivity index (χ1n) is 5.96.